The molecule has 1 fully saturated rings. The molecule has 0 spiro atoms. The van der Waals surface area contributed by atoms with Crippen LogP contribution in [-0.2, 0) is 0 Å². The number of hydrogen-bond acceptors (Lipinski definition) is 6. The van der Waals surface area contributed by atoms with E-state index in [1.807, 2.05) is 29.4 Å². The predicted molar refractivity (Wildman–Crippen MR) is 103 cm³/mol. The number of fused-ring (bicyclic) bond motifs is 3. The Morgan fingerprint density at radius 2 is 1.92 bits per heavy atom. The number of anilines is 1. The third-order valence-corrected chi connectivity index (χ3v) is 5.07. The van der Waals surface area contributed by atoms with Crippen LogP contribution in [0.1, 0.15) is 13.3 Å². The molecule has 3 aliphatic heterocycles. The number of piperazine rings is 1. The van der Waals surface area contributed by atoms with Crippen molar-refractivity contribution in [1.82, 2.24) is 9.80 Å². The van der Waals surface area contributed by atoms with Crippen LogP contribution in [0.3, 0.4) is 0 Å². The summed E-state index contributed by atoms with van der Waals surface area (Å²) in [5.74, 6) is 1.82. The summed E-state index contributed by atoms with van der Waals surface area (Å²) in [5.41, 5.74) is 1.92. The first-order valence-electron chi connectivity index (χ1n) is 8.34. The van der Waals surface area contributed by atoms with Gasteiger partial charge in [-0.3, -0.25) is 4.99 Å². The van der Waals surface area contributed by atoms with Crippen LogP contribution in [0.25, 0.3) is 0 Å². The number of likely N-dealkylation sites (N-methyl/N-ethyl adjacent to an activating group) is 1. The van der Waals surface area contributed by atoms with Gasteiger partial charge in [0.25, 0.3) is 0 Å². The minimum atomic E-state index is 0.211. The summed E-state index contributed by atoms with van der Waals surface area (Å²) in [7, 11) is 2.16. The van der Waals surface area contributed by atoms with Gasteiger partial charge in [-0.15, -0.1) is 0 Å². The van der Waals surface area contributed by atoms with Crippen molar-refractivity contribution in [3.63, 3.8) is 0 Å². The number of nitrogens with zero attached hydrogens (tertiary/aromatic N) is 6. The fourth-order valence-electron chi connectivity index (χ4n) is 3.14. The highest BCUT2D eigenvalue weighted by atomic mass is 79.9. The lowest BCUT2D eigenvalue weighted by Crippen LogP contribution is -2.52. The third kappa shape index (κ3) is 2.86. The standard InChI is InChI=1S/C17H21BrN6/c1-12-5-6-19-24-15-4-3-13(18)11-14(15)21-16(17(24)20-12)23-9-7-22(2)8-10-23/h3-4,6,11-12H,5,7-10H2,1-2H3. The molecule has 0 aromatic heterocycles. The molecule has 0 bridgehead atoms. The van der Waals surface area contributed by atoms with E-state index >= 15 is 0 Å². The fourth-order valence-corrected chi connectivity index (χ4v) is 3.49. The Morgan fingerprint density at radius 3 is 2.71 bits per heavy atom. The molecule has 3 heterocycles. The number of hydrazone groups is 1. The second-order valence-corrected chi connectivity index (χ2v) is 7.42. The average molecular weight is 389 g/mol. The van der Waals surface area contributed by atoms with Gasteiger partial charge in [-0.2, -0.15) is 5.10 Å². The summed E-state index contributed by atoms with van der Waals surface area (Å²) in [6.45, 7) is 6.13. The molecule has 4 rings (SSSR count). The van der Waals surface area contributed by atoms with Crippen LogP contribution in [0, 0.1) is 0 Å². The van der Waals surface area contributed by atoms with Crippen LogP contribution in [0.2, 0.25) is 0 Å². The summed E-state index contributed by atoms with van der Waals surface area (Å²) >= 11 is 3.55. The minimum absolute atomic E-state index is 0.211. The second-order valence-electron chi connectivity index (χ2n) is 6.51. The van der Waals surface area contributed by atoms with Gasteiger partial charge in [0.1, 0.15) is 0 Å². The molecule has 1 saturated heterocycles. The molecule has 1 unspecified atom stereocenters. The maximum atomic E-state index is 4.96. The van der Waals surface area contributed by atoms with E-state index in [0.29, 0.717) is 0 Å². The molecule has 0 aliphatic carbocycles. The van der Waals surface area contributed by atoms with E-state index in [1.54, 1.807) is 0 Å². The number of aliphatic imine (C=N–C) groups is 2. The highest BCUT2D eigenvalue weighted by Gasteiger charge is 2.32. The van der Waals surface area contributed by atoms with E-state index < -0.39 is 0 Å². The lowest BCUT2D eigenvalue weighted by Gasteiger charge is -2.38. The largest absolute Gasteiger partial charge is 0.351 e. The van der Waals surface area contributed by atoms with Crippen molar-refractivity contribution >= 4 is 45.2 Å². The van der Waals surface area contributed by atoms with Crippen molar-refractivity contribution in [3.8, 4) is 0 Å². The normalized spacial score (nSPS) is 24.0. The second kappa shape index (κ2) is 6.29. The van der Waals surface area contributed by atoms with Crippen LogP contribution in [-0.4, -0.2) is 67.0 Å². The minimum Gasteiger partial charge on any atom is -0.351 e. The molecule has 1 aromatic carbocycles. The van der Waals surface area contributed by atoms with E-state index in [-0.39, 0.29) is 6.04 Å². The Bertz CT molecular complexity index is 733. The first-order valence-corrected chi connectivity index (χ1v) is 9.13. The molecule has 126 valence electrons. The Balaban J connectivity index is 1.81. The van der Waals surface area contributed by atoms with Gasteiger partial charge in [-0.1, -0.05) is 15.9 Å². The number of benzene rings is 1. The Hall–Kier alpha value is -1.73. The molecule has 0 saturated carbocycles. The van der Waals surface area contributed by atoms with Crippen molar-refractivity contribution < 1.29 is 0 Å². The van der Waals surface area contributed by atoms with E-state index in [4.69, 9.17) is 9.98 Å². The highest BCUT2D eigenvalue weighted by Crippen LogP contribution is 2.37. The molecule has 24 heavy (non-hydrogen) atoms. The Kier molecular flexibility index (Phi) is 4.14. The quantitative estimate of drug-likeness (QED) is 0.686. The Morgan fingerprint density at radius 1 is 1.12 bits per heavy atom. The van der Waals surface area contributed by atoms with Crippen molar-refractivity contribution in [2.24, 2.45) is 15.1 Å². The van der Waals surface area contributed by atoms with Gasteiger partial charge in [-0.05, 0) is 32.2 Å². The zero-order valence-electron chi connectivity index (χ0n) is 14.0. The molecule has 1 atom stereocenters. The summed E-state index contributed by atoms with van der Waals surface area (Å²) in [6.07, 6.45) is 2.81. The zero-order chi connectivity index (χ0) is 16.7. The molecule has 0 radical (unpaired) electrons. The SMILES string of the molecule is CC1CC=NN2C(=N1)C(N1CCN(C)CC1)=Nc1cc(Br)ccc12. The third-order valence-electron chi connectivity index (χ3n) is 4.58. The maximum absolute atomic E-state index is 4.96. The van der Waals surface area contributed by atoms with E-state index in [9.17, 15) is 0 Å². The van der Waals surface area contributed by atoms with Crippen molar-refractivity contribution in [1.29, 1.82) is 0 Å². The molecule has 7 heteroatoms. The van der Waals surface area contributed by atoms with Crippen LogP contribution in [0.15, 0.2) is 37.8 Å². The van der Waals surface area contributed by atoms with Crippen molar-refractivity contribution in [3.05, 3.63) is 22.7 Å². The van der Waals surface area contributed by atoms with Crippen molar-refractivity contribution in [2.75, 3.05) is 38.2 Å². The lowest BCUT2D eigenvalue weighted by atomic mass is 10.2. The van der Waals surface area contributed by atoms with Gasteiger partial charge in [0.05, 0.1) is 17.4 Å². The first-order chi connectivity index (χ1) is 11.6. The van der Waals surface area contributed by atoms with Crippen LogP contribution in [0.5, 0.6) is 0 Å². The van der Waals surface area contributed by atoms with Gasteiger partial charge >= 0.3 is 0 Å². The van der Waals surface area contributed by atoms with Crippen molar-refractivity contribution in [2.45, 2.75) is 19.4 Å². The van der Waals surface area contributed by atoms with E-state index in [0.717, 1.165) is 60.1 Å². The number of hydrogen-bond donors (Lipinski definition) is 0. The Labute approximate surface area is 150 Å². The molecule has 0 N–H and O–H groups in total. The highest BCUT2D eigenvalue weighted by molar-refractivity contribution is 9.10. The molecule has 0 amide bonds. The zero-order valence-corrected chi connectivity index (χ0v) is 15.6. The van der Waals surface area contributed by atoms with Crippen LogP contribution in [0.4, 0.5) is 11.4 Å². The average Bonchev–Trinajstić information content (AvgIpc) is 2.76. The molecule has 3 aliphatic rings. The molecular weight excluding hydrogens is 368 g/mol. The topological polar surface area (TPSA) is 46.8 Å². The monoisotopic (exact) mass is 388 g/mol. The summed E-state index contributed by atoms with van der Waals surface area (Å²) < 4.78 is 1.02. The van der Waals surface area contributed by atoms with Gasteiger partial charge in [0.15, 0.2) is 11.7 Å². The summed E-state index contributed by atoms with van der Waals surface area (Å²) in [5, 5.41) is 6.62. The molecule has 1 aromatic rings. The van der Waals surface area contributed by atoms with Gasteiger partial charge in [-0.25, -0.2) is 10.0 Å². The summed E-state index contributed by atoms with van der Waals surface area (Å²) in [4.78, 5) is 14.6. The smallest absolute Gasteiger partial charge is 0.193 e. The van der Waals surface area contributed by atoms with Crippen LogP contribution >= 0.6 is 15.9 Å². The lowest BCUT2D eigenvalue weighted by molar-refractivity contribution is 0.217. The summed E-state index contributed by atoms with van der Waals surface area (Å²) in [6, 6.07) is 6.33. The molecule has 6 nitrogen and oxygen atoms in total. The van der Waals surface area contributed by atoms with Gasteiger partial charge in [0.2, 0.25) is 0 Å². The van der Waals surface area contributed by atoms with E-state index in [1.165, 1.54) is 0 Å². The first kappa shape index (κ1) is 15.8. The van der Waals surface area contributed by atoms with Gasteiger partial charge in [0, 0.05) is 43.3 Å². The number of rotatable bonds is 0. The number of halogens is 1. The predicted octanol–water partition coefficient (Wildman–Crippen LogP) is 2.72. The molecular formula is C17H21BrN6. The maximum Gasteiger partial charge on any atom is 0.193 e. The fraction of sp³-hybridized carbons (Fsp3) is 0.471. The number of amidine groups is 2. The van der Waals surface area contributed by atoms with E-state index in [2.05, 4.69) is 44.8 Å². The van der Waals surface area contributed by atoms with Crippen LogP contribution < -0.4 is 5.01 Å². The van der Waals surface area contributed by atoms with Gasteiger partial charge < -0.3 is 9.80 Å².